The number of aliphatic carboxylic acids is 1. The van der Waals surface area contributed by atoms with E-state index in [0.717, 1.165) is 12.0 Å². The number of carboxylic acids is 1. The zero-order chi connectivity index (χ0) is 18.5. The fraction of sp³-hybridized carbons (Fsp3) is 0.737. The lowest BCUT2D eigenvalue weighted by atomic mass is 9.99. The van der Waals surface area contributed by atoms with Gasteiger partial charge in [-0.15, -0.1) is 0 Å². The summed E-state index contributed by atoms with van der Waals surface area (Å²) in [4.78, 5) is 30.6. The van der Waals surface area contributed by atoms with Crippen molar-refractivity contribution in [2.75, 3.05) is 0 Å². The van der Waals surface area contributed by atoms with Crippen LogP contribution in [0.25, 0.3) is 0 Å². The molecule has 1 N–H and O–H groups in total. The second kappa shape index (κ2) is 16.9. The summed E-state index contributed by atoms with van der Waals surface area (Å²) in [5.41, 5.74) is 1.06. The molecule has 138 valence electrons. The van der Waals surface area contributed by atoms with Crippen LogP contribution in [0.1, 0.15) is 76.2 Å². The summed E-state index contributed by atoms with van der Waals surface area (Å²) in [5.74, 6) is 0.259. The van der Waals surface area contributed by atoms with Gasteiger partial charge in [0.25, 0.3) is 0 Å². The summed E-state index contributed by atoms with van der Waals surface area (Å²) in [5, 5.41) is 8.35. The number of ketones is 2. The average molecular weight is 331 g/mol. The number of rotatable bonds is 5. The van der Waals surface area contributed by atoms with Crippen LogP contribution >= 0.6 is 0 Å². The lowest BCUT2D eigenvalue weighted by Crippen LogP contribution is -2.15. The second-order valence-electron chi connectivity index (χ2n) is 6.50. The van der Waals surface area contributed by atoms with Crippen molar-refractivity contribution in [1.82, 2.24) is 0 Å². The van der Waals surface area contributed by atoms with Gasteiger partial charge in [-0.1, -0.05) is 47.6 Å². The minimum Gasteiger partial charge on any atom is -0.481 e. The quantitative estimate of drug-likeness (QED) is 0.706. The molecule has 23 heavy (non-hydrogen) atoms. The smallest absolute Gasteiger partial charge is 0.306 e. The number of carbonyl (C=O) groups excluding carboxylic acids is 2. The van der Waals surface area contributed by atoms with Gasteiger partial charge in [0.2, 0.25) is 0 Å². The van der Waals surface area contributed by atoms with E-state index < -0.39 is 5.97 Å². The van der Waals surface area contributed by atoms with Crippen LogP contribution in [0.3, 0.4) is 0 Å². The van der Waals surface area contributed by atoms with Gasteiger partial charge in [0, 0.05) is 6.42 Å². The number of hydrogen-bond donors (Lipinski definition) is 1. The van der Waals surface area contributed by atoms with Crippen LogP contribution in [-0.4, -0.2) is 22.6 Å². The molecular formula is C19H38O4. The predicted molar refractivity (Wildman–Crippen MR) is 98.6 cm³/mol. The van der Waals surface area contributed by atoms with Gasteiger partial charge >= 0.3 is 5.97 Å². The van der Waals surface area contributed by atoms with E-state index in [2.05, 4.69) is 0 Å². The number of carbonyl (C=O) groups is 3. The fourth-order valence-corrected chi connectivity index (χ4v) is 1.27. The maximum Gasteiger partial charge on any atom is 0.306 e. The summed E-state index contributed by atoms with van der Waals surface area (Å²) in [7, 11) is 0. The molecule has 0 radical (unpaired) electrons. The van der Waals surface area contributed by atoms with Crippen molar-refractivity contribution >= 4 is 17.5 Å². The van der Waals surface area contributed by atoms with Crippen LogP contribution in [0.15, 0.2) is 11.6 Å². The maximum atomic E-state index is 10.3. The number of hydrogen-bond acceptors (Lipinski definition) is 3. The Bertz CT molecular complexity index is 362. The monoisotopic (exact) mass is 330 g/mol. The molecule has 1 atom stereocenters. The van der Waals surface area contributed by atoms with Crippen LogP contribution in [-0.2, 0) is 14.4 Å². The van der Waals surface area contributed by atoms with Crippen molar-refractivity contribution in [3.63, 3.8) is 0 Å². The van der Waals surface area contributed by atoms with Gasteiger partial charge in [-0.3, -0.25) is 9.59 Å². The molecule has 0 aliphatic rings. The first-order chi connectivity index (χ1) is 9.81. The molecule has 0 saturated heterocycles. The lowest BCUT2D eigenvalue weighted by Gasteiger charge is -2.07. The number of carboxylic acid groups (broad SMARTS) is 1. The van der Waals surface area contributed by atoms with Gasteiger partial charge in [0.05, 0.1) is 5.92 Å². The maximum absolute atomic E-state index is 10.3. The molecule has 0 bridgehead atoms. The van der Waals surface area contributed by atoms with Gasteiger partial charge < -0.3 is 9.90 Å². The van der Waals surface area contributed by atoms with Crippen LogP contribution in [0.5, 0.6) is 0 Å². The van der Waals surface area contributed by atoms with Crippen molar-refractivity contribution < 1.29 is 19.5 Å². The number of allylic oxidation sites excluding steroid dienone is 2. The van der Waals surface area contributed by atoms with Gasteiger partial charge in [-0.05, 0) is 45.6 Å². The van der Waals surface area contributed by atoms with Crippen LogP contribution < -0.4 is 0 Å². The lowest BCUT2D eigenvalue weighted by molar-refractivity contribution is -0.142. The van der Waals surface area contributed by atoms with E-state index in [1.807, 2.05) is 41.5 Å². The molecule has 0 heterocycles. The predicted octanol–water partition coefficient (Wildman–Crippen LogP) is 5.16. The molecule has 0 aromatic heterocycles. The molecular weight excluding hydrogens is 292 g/mol. The van der Waals surface area contributed by atoms with E-state index in [-0.39, 0.29) is 30.8 Å². The molecule has 0 aromatic rings. The Morgan fingerprint density at radius 1 is 0.913 bits per heavy atom. The minimum absolute atomic E-state index is 0. The molecule has 0 rings (SSSR count). The molecule has 4 nitrogen and oxygen atoms in total. The first-order valence-corrected chi connectivity index (χ1v) is 7.68. The summed E-state index contributed by atoms with van der Waals surface area (Å²) in [6, 6.07) is 0. The highest BCUT2D eigenvalue weighted by Crippen LogP contribution is 2.08. The summed E-state index contributed by atoms with van der Waals surface area (Å²) in [6.07, 6.45) is 2.33. The SMILES string of the molecule is C.CC(=O)C=C(C)C.CC(=O)CC(C)C.CC(C)C(C)C(=O)O. The topological polar surface area (TPSA) is 71.4 Å². The molecule has 0 amide bonds. The van der Waals surface area contributed by atoms with E-state index in [0.29, 0.717) is 5.92 Å². The summed E-state index contributed by atoms with van der Waals surface area (Å²) < 4.78 is 0. The molecule has 4 heteroatoms. The molecule has 0 aliphatic heterocycles. The molecule has 0 saturated carbocycles. The molecule has 0 spiro atoms. The van der Waals surface area contributed by atoms with Gasteiger partial charge in [-0.2, -0.15) is 0 Å². The fourth-order valence-electron chi connectivity index (χ4n) is 1.27. The van der Waals surface area contributed by atoms with Crippen LogP contribution in [0, 0.1) is 17.8 Å². The second-order valence-corrected chi connectivity index (χ2v) is 6.50. The Hall–Kier alpha value is -1.45. The summed E-state index contributed by atoms with van der Waals surface area (Å²) in [6.45, 7) is 16.6. The first kappa shape index (κ1) is 29.5. The number of Topliss-reactive ketones (excluding diaryl/α,β-unsaturated/α-hetero) is 1. The highest BCUT2D eigenvalue weighted by Gasteiger charge is 2.13. The molecule has 0 fully saturated rings. The Morgan fingerprint density at radius 2 is 1.30 bits per heavy atom. The third-order valence-corrected chi connectivity index (χ3v) is 2.58. The van der Waals surface area contributed by atoms with Gasteiger partial charge in [0.1, 0.15) is 5.78 Å². The zero-order valence-corrected chi connectivity index (χ0v) is 15.7. The van der Waals surface area contributed by atoms with Crippen LogP contribution in [0.2, 0.25) is 0 Å². The molecule has 0 aromatic carbocycles. The van der Waals surface area contributed by atoms with Crippen molar-refractivity contribution in [1.29, 1.82) is 0 Å². The van der Waals surface area contributed by atoms with Crippen molar-refractivity contribution in [3.8, 4) is 0 Å². The van der Waals surface area contributed by atoms with E-state index in [4.69, 9.17) is 5.11 Å². The van der Waals surface area contributed by atoms with E-state index >= 15 is 0 Å². The molecule has 0 aliphatic carbocycles. The Labute approximate surface area is 143 Å². The first-order valence-electron chi connectivity index (χ1n) is 7.68. The van der Waals surface area contributed by atoms with Gasteiger partial charge in [-0.25, -0.2) is 0 Å². The van der Waals surface area contributed by atoms with E-state index in [1.54, 1.807) is 26.8 Å². The van der Waals surface area contributed by atoms with E-state index in [1.165, 1.54) is 0 Å². The van der Waals surface area contributed by atoms with E-state index in [9.17, 15) is 14.4 Å². The van der Waals surface area contributed by atoms with Crippen LogP contribution in [0.4, 0.5) is 0 Å². The minimum atomic E-state index is -0.708. The highest BCUT2D eigenvalue weighted by molar-refractivity contribution is 5.87. The third-order valence-electron chi connectivity index (χ3n) is 2.58. The van der Waals surface area contributed by atoms with Crippen molar-refractivity contribution in [3.05, 3.63) is 11.6 Å². The Morgan fingerprint density at radius 3 is 1.30 bits per heavy atom. The van der Waals surface area contributed by atoms with Crippen molar-refractivity contribution in [2.24, 2.45) is 17.8 Å². The standard InChI is InChI=1S/C6H12O2.C6H12O.C6H10O.CH4/c1-4(2)5(3)6(7)8;2*1-5(2)4-6(3)7;/h4-5H,1-3H3,(H,7,8);5H,4H2,1-3H3;4H,1-3H3;1H4. The third kappa shape index (κ3) is 33.4. The normalized spacial score (nSPS) is 10.2. The largest absolute Gasteiger partial charge is 0.481 e. The average Bonchev–Trinajstić information content (AvgIpc) is 2.25. The zero-order valence-electron chi connectivity index (χ0n) is 15.7. The highest BCUT2D eigenvalue weighted by atomic mass is 16.4. The summed E-state index contributed by atoms with van der Waals surface area (Å²) >= 11 is 0. The molecule has 1 unspecified atom stereocenters. The Kier molecular flexibility index (Phi) is 21.7. The Balaban J connectivity index is -0.000000116. The van der Waals surface area contributed by atoms with Gasteiger partial charge in [0.15, 0.2) is 5.78 Å². The van der Waals surface area contributed by atoms with Crippen molar-refractivity contribution in [2.45, 2.75) is 76.2 Å².